The third-order valence-corrected chi connectivity index (χ3v) is 5.53. The lowest BCUT2D eigenvalue weighted by atomic mass is 9.80. The van der Waals surface area contributed by atoms with Gasteiger partial charge in [-0.2, -0.15) is 0 Å². The Kier molecular flexibility index (Phi) is 4.69. The van der Waals surface area contributed by atoms with Crippen molar-refractivity contribution in [1.82, 2.24) is 5.06 Å². The molecule has 1 heterocycles. The highest BCUT2D eigenvalue weighted by atomic mass is 16.7. The van der Waals surface area contributed by atoms with Crippen LogP contribution < -0.4 is 0 Å². The Morgan fingerprint density at radius 2 is 0.806 bits per heavy atom. The minimum atomic E-state index is -1.20. The fraction of sp³-hybridized carbons (Fsp3) is 0.0370. The summed E-state index contributed by atoms with van der Waals surface area (Å²) in [7, 11) is 0. The average molecular weight is 405 g/mol. The van der Waals surface area contributed by atoms with Crippen LogP contribution in [0.3, 0.4) is 0 Å². The maximum absolute atomic E-state index is 13.2. The van der Waals surface area contributed by atoms with E-state index in [1.54, 1.807) is 24.3 Å². The summed E-state index contributed by atoms with van der Waals surface area (Å²) < 4.78 is 0. The number of amides is 2. The Balaban J connectivity index is 1.74. The Labute approximate surface area is 180 Å². The fourth-order valence-corrected chi connectivity index (χ4v) is 4.06. The minimum absolute atomic E-state index is 0.343. The van der Waals surface area contributed by atoms with Gasteiger partial charge < -0.3 is 0 Å². The number of carbonyl (C=O) groups is 2. The highest BCUT2D eigenvalue weighted by Crippen LogP contribution is 2.42. The summed E-state index contributed by atoms with van der Waals surface area (Å²) in [6.07, 6.45) is 0. The van der Waals surface area contributed by atoms with E-state index in [1.165, 1.54) is 0 Å². The average Bonchev–Trinajstić information content (AvgIpc) is 3.09. The molecular weight excluding hydrogens is 386 g/mol. The van der Waals surface area contributed by atoms with Crippen LogP contribution in [-0.2, 0) is 10.4 Å². The summed E-state index contributed by atoms with van der Waals surface area (Å²) in [5.74, 6) is -0.930. The highest BCUT2D eigenvalue weighted by Gasteiger charge is 2.46. The summed E-state index contributed by atoms with van der Waals surface area (Å²) in [4.78, 5) is 32.8. The molecular formula is C27H19NO3. The third kappa shape index (κ3) is 3.05. The number of rotatable bonds is 5. The number of carbonyl (C=O) groups excluding carboxylic acids is 2. The first kappa shape index (κ1) is 19.0. The Bertz CT molecular complexity index is 1110. The molecule has 2 amide bonds. The van der Waals surface area contributed by atoms with Crippen LogP contribution in [0.1, 0.15) is 37.4 Å². The van der Waals surface area contributed by atoms with Gasteiger partial charge in [0.05, 0.1) is 11.1 Å². The van der Waals surface area contributed by atoms with Crippen LogP contribution in [0.5, 0.6) is 0 Å². The van der Waals surface area contributed by atoms with Crippen molar-refractivity contribution in [2.75, 3.05) is 0 Å². The van der Waals surface area contributed by atoms with Crippen LogP contribution in [0, 0.1) is 0 Å². The second-order valence-electron chi connectivity index (χ2n) is 7.32. The maximum Gasteiger partial charge on any atom is 0.285 e. The molecule has 4 aromatic rings. The molecule has 4 heteroatoms. The minimum Gasteiger partial charge on any atom is -0.266 e. The summed E-state index contributed by atoms with van der Waals surface area (Å²) in [6.45, 7) is 0. The molecule has 0 atom stereocenters. The molecule has 4 aromatic carbocycles. The quantitative estimate of drug-likeness (QED) is 0.338. The third-order valence-electron chi connectivity index (χ3n) is 5.53. The van der Waals surface area contributed by atoms with Crippen molar-refractivity contribution in [3.8, 4) is 0 Å². The zero-order valence-electron chi connectivity index (χ0n) is 16.6. The van der Waals surface area contributed by atoms with Crippen molar-refractivity contribution in [2.45, 2.75) is 5.60 Å². The SMILES string of the molecule is O=C1c2ccccc2C(=O)N1OC(c1ccccc1)(c1ccccc1)c1ccccc1. The van der Waals surface area contributed by atoms with Gasteiger partial charge in [-0.3, -0.25) is 9.59 Å². The summed E-state index contributed by atoms with van der Waals surface area (Å²) in [5.41, 5.74) is 1.92. The van der Waals surface area contributed by atoms with E-state index in [0.29, 0.717) is 11.1 Å². The molecule has 0 aliphatic carbocycles. The van der Waals surface area contributed by atoms with Gasteiger partial charge in [-0.05, 0) is 28.8 Å². The monoisotopic (exact) mass is 405 g/mol. The number of fused-ring (bicyclic) bond motifs is 1. The van der Waals surface area contributed by atoms with Gasteiger partial charge in [-0.1, -0.05) is 103 Å². The largest absolute Gasteiger partial charge is 0.285 e. The van der Waals surface area contributed by atoms with Crippen molar-refractivity contribution >= 4 is 11.8 Å². The van der Waals surface area contributed by atoms with E-state index in [-0.39, 0.29) is 0 Å². The number of benzene rings is 4. The van der Waals surface area contributed by atoms with Crippen molar-refractivity contribution in [2.24, 2.45) is 0 Å². The molecule has 0 spiro atoms. The molecule has 150 valence electrons. The van der Waals surface area contributed by atoms with Gasteiger partial charge in [0.2, 0.25) is 0 Å². The molecule has 0 aromatic heterocycles. The predicted octanol–water partition coefficient (Wildman–Crippen LogP) is 5.21. The number of hydroxylamine groups is 2. The second kappa shape index (κ2) is 7.67. The molecule has 5 rings (SSSR count). The van der Waals surface area contributed by atoms with Crippen molar-refractivity contribution in [3.05, 3.63) is 143 Å². The van der Waals surface area contributed by atoms with Gasteiger partial charge in [0.15, 0.2) is 5.60 Å². The van der Waals surface area contributed by atoms with Crippen molar-refractivity contribution < 1.29 is 14.4 Å². The fourth-order valence-electron chi connectivity index (χ4n) is 4.06. The number of nitrogens with zero attached hydrogens (tertiary/aromatic N) is 1. The highest BCUT2D eigenvalue weighted by molar-refractivity contribution is 6.20. The van der Waals surface area contributed by atoms with E-state index in [9.17, 15) is 9.59 Å². The molecule has 4 nitrogen and oxygen atoms in total. The normalized spacial score (nSPS) is 13.4. The number of imide groups is 1. The van der Waals surface area contributed by atoms with Gasteiger partial charge in [0, 0.05) is 0 Å². The van der Waals surface area contributed by atoms with Gasteiger partial charge in [-0.15, -0.1) is 5.06 Å². The van der Waals surface area contributed by atoms with E-state index >= 15 is 0 Å². The Hall–Kier alpha value is -4.02. The molecule has 0 radical (unpaired) electrons. The Morgan fingerprint density at radius 1 is 0.484 bits per heavy atom. The molecule has 0 unspecified atom stereocenters. The van der Waals surface area contributed by atoms with E-state index in [4.69, 9.17) is 4.84 Å². The Morgan fingerprint density at radius 3 is 1.16 bits per heavy atom. The molecule has 0 saturated carbocycles. The lowest BCUT2D eigenvalue weighted by molar-refractivity contribution is -0.158. The predicted molar refractivity (Wildman–Crippen MR) is 117 cm³/mol. The lowest BCUT2D eigenvalue weighted by Crippen LogP contribution is -2.43. The van der Waals surface area contributed by atoms with Gasteiger partial charge in [-0.25, -0.2) is 4.84 Å². The first-order valence-corrected chi connectivity index (χ1v) is 10.1. The molecule has 0 saturated heterocycles. The van der Waals surface area contributed by atoms with E-state index < -0.39 is 17.4 Å². The van der Waals surface area contributed by atoms with Gasteiger partial charge in [0.1, 0.15) is 0 Å². The topological polar surface area (TPSA) is 46.6 Å². The summed E-state index contributed by atoms with van der Waals surface area (Å²) in [6, 6.07) is 35.7. The van der Waals surface area contributed by atoms with Crippen LogP contribution >= 0.6 is 0 Å². The summed E-state index contributed by atoms with van der Waals surface area (Å²) in [5, 5.41) is 0.900. The lowest BCUT2D eigenvalue weighted by Gasteiger charge is -2.37. The smallest absolute Gasteiger partial charge is 0.266 e. The number of hydrogen-bond acceptors (Lipinski definition) is 3. The van der Waals surface area contributed by atoms with Crippen molar-refractivity contribution in [3.63, 3.8) is 0 Å². The first-order chi connectivity index (χ1) is 15.2. The number of hydrogen-bond donors (Lipinski definition) is 0. The van der Waals surface area contributed by atoms with Gasteiger partial charge in [0.25, 0.3) is 11.8 Å². The van der Waals surface area contributed by atoms with Crippen molar-refractivity contribution in [1.29, 1.82) is 0 Å². The van der Waals surface area contributed by atoms with Crippen LogP contribution in [0.25, 0.3) is 0 Å². The standard InChI is InChI=1S/C27H19NO3/c29-25-23-18-10-11-19-24(23)26(30)28(25)31-27(20-12-4-1-5-13-20,21-14-6-2-7-15-21)22-16-8-3-9-17-22/h1-19H. The molecule has 1 aliphatic rings. The molecule has 0 bridgehead atoms. The maximum atomic E-state index is 13.2. The van der Waals surface area contributed by atoms with E-state index in [0.717, 1.165) is 21.8 Å². The molecule has 0 N–H and O–H groups in total. The molecule has 0 fully saturated rings. The first-order valence-electron chi connectivity index (χ1n) is 10.1. The van der Waals surface area contributed by atoms with Crippen LogP contribution in [0.4, 0.5) is 0 Å². The van der Waals surface area contributed by atoms with Gasteiger partial charge >= 0.3 is 0 Å². The zero-order chi connectivity index (χ0) is 21.3. The van der Waals surface area contributed by atoms with Crippen LogP contribution in [0.2, 0.25) is 0 Å². The second-order valence-corrected chi connectivity index (χ2v) is 7.32. The zero-order valence-corrected chi connectivity index (χ0v) is 16.6. The van der Waals surface area contributed by atoms with Crippen LogP contribution in [0.15, 0.2) is 115 Å². The molecule has 31 heavy (non-hydrogen) atoms. The van der Waals surface area contributed by atoms with Crippen LogP contribution in [-0.4, -0.2) is 16.9 Å². The van der Waals surface area contributed by atoms with E-state index in [2.05, 4.69) is 0 Å². The molecule has 1 aliphatic heterocycles. The van der Waals surface area contributed by atoms with E-state index in [1.807, 2.05) is 91.0 Å². The summed E-state index contributed by atoms with van der Waals surface area (Å²) >= 11 is 0.